The van der Waals surface area contributed by atoms with E-state index < -0.39 is 0 Å². The number of ether oxygens (including phenoxy) is 3. The van der Waals surface area contributed by atoms with Gasteiger partial charge in [0.15, 0.2) is 11.5 Å². The fraction of sp³-hybridized carbons (Fsp3) is 0.192. The number of rotatable bonds is 8. The van der Waals surface area contributed by atoms with Gasteiger partial charge < -0.3 is 29.8 Å². The number of benzene rings is 3. The van der Waals surface area contributed by atoms with Crippen LogP contribution in [-0.2, 0) is 0 Å². The lowest BCUT2D eigenvalue weighted by molar-refractivity contribution is 0.252. The van der Waals surface area contributed by atoms with Gasteiger partial charge in [0, 0.05) is 41.3 Å². The van der Waals surface area contributed by atoms with Crippen molar-refractivity contribution in [3.05, 3.63) is 84.1 Å². The molecule has 3 aromatic carbocycles. The third-order valence-corrected chi connectivity index (χ3v) is 5.60. The van der Waals surface area contributed by atoms with E-state index in [9.17, 15) is 4.79 Å². The fourth-order valence-corrected chi connectivity index (χ4v) is 3.93. The number of aromatic nitrogens is 1. The number of H-pyrrole nitrogens is 1. The van der Waals surface area contributed by atoms with Crippen molar-refractivity contribution in [3.8, 4) is 17.2 Å². The second kappa shape index (κ2) is 9.99. The molecule has 0 spiro atoms. The van der Waals surface area contributed by atoms with Crippen LogP contribution in [0.25, 0.3) is 10.9 Å². The second-order valence-corrected chi connectivity index (χ2v) is 7.52. The number of anilines is 1. The predicted octanol–water partition coefficient (Wildman–Crippen LogP) is 5.15. The quantitative estimate of drug-likeness (QED) is 0.350. The molecule has 0 bridgehead atoms. The Morgan fingerprint density at radius 1 is 0.909 bits per heavy atom. The molecule has 0 saturated carbocycles. The topological polar surface area (TPSA) is 84.6 Å². The van der Waals surface area contributed by atoms with Gasteiger partial charge in [0.1, 0.15) is 5.75 Å². The Morgan fingerprint density at radius 3 is 2.52 bits per heavy atom. The number of aromatic amines is 1. The largest absolute Gasteiger partial charge is 0.497 e. The number of hydrogen-bond donors (Lipinski definition) is 3. The van der Waals surface area contributed by atoms with Crippen molar-refractivity contribution in [2.24, 2.45) is 0 Å². The Bertz CT molecular complexity index is 1250. The summed E-state index contributed by atoms with van der Waals surface area (Å²) in [7, 11) is 4.81. The molecule has 0 fully saturated rings. The first-order chi connectivity index (χ1) is 16.1. The molecule has 0 aliphatic heterocycles. The molecule has 1 aromatic heterocycles. The molecule has 2 amide bonds. The highest BCUT2D eigenvalue weighted by Gasteiger charge is 2.21. The minimum atomic E-state index is -0.298. The lowest BCUT2D eigenvalue weighted by atomic mass is 9.90. The SMILES string of the molecule is COc1cccc(NC(=O)NC[C@H](c2ccc(OC)c(OC)c2)c2c[nH]c3ccccc23)c1. The van der Waals surface area contributed by atoms with Gasteiger partial charge in [-0.1, -0.05) is 30.3 Å². The maximum absolute atomic E-state index is 12.7. The van der Waals surface area contributed by atoms with Gasteiger partial charge in [0.2, 0.25) is 0 Å². The van der Waals surface area contributed by atoms with Crippen molar-refractivity contribution in [3.63, 3.8) is 0 Å². The summed E-state index contributed by atoms with van der Waals surface area (Å²) in [6.07, 6.45) is 1.99. The molecule has 0 saturated heterocycles. The number of urea groups is 1. The number of amides is 2. The van der Waals surface area contributed by atoms with Crippen LogP contribution in [-0.4, -0.2) is 38.9 Å². The van der Waals surface area contributed by atoms with Crippen LogP contribution < -0.4 is 24.8 Å². The van der Waals surface area contributed by atoms with Crippen molar-refractivity contribution < 1.29 is 19.0 Å². The van der Waals surface area contributed by atoms with Gasteiger partial charge in [-0.05, 0) is 41.5 Å². The van der Waals surface area contributed by atoms with Gasteiger partial charge in [0.25, 0.3) is 0 Å². The standard InChI is InChI=1S/C26H27N3O4/c1-31-19-8-6-7-18(14-19)29-26(30)28-15-21(17-11-12-24(32-2)25(13-17)33-3)22-16-27-23-10-5-4-9-20(22)23/h4-14,16,21,27H,15H2,1-3H3,(H2,28,29,30)/t21-/m1/s1. The van der Waals surface area contributed by atoms with Crippen LogP contribution in [0.2, 0.25) is 0 Å². The van der Waals surface area contributed by atoms with E-state index in [1.165, 1.54) is 0 Å². The summed E-state index contributed by atoms with van der Waals surface area (Å²) in [5.74, 6) is 1.86. The van der Waals surface area contributed by atoms with E-state index in [4.69, 9.17) is 14.2 Å². The molecule has 0 unspecified atom stereocenters. The molecule has 7 heteroatoms. The monoisotopic (exact) mass is 445 g/mol. The Balaban J connectivity index is 1.61. The highest BCUT2D eigenvalue weighted by atomic mass is 16.5. The Kier molecular flexibility index (Phi) is 6.69. The number of carbonyl (C=O) groups is 1. The van der Waals surface area contributed by atoms with Crippen LogP contribution in [0.1, 0.15) is 17.0 Å². The van der Waals surface area contributed by atoms with E-state index in [-0.39, 0.29) is 11.9 Å². The average Bonchev–Trinajstić information content (AvgIpc) is 3.28. The number of nitrogens with one attached hydrogen (secondary N) is 3. The molecule has 0 aliphatic rings. The van der Waals surface area contributed by atoms with Gasteiger partial charge in [-0.15, -0.1) is 0 Å². The van der Waals surface area contributed by atoms with E-state index in [0.717, 1.165) is 22.0 Å². The van der Waals surface area contributed by atoms with E-state index in [1.54, 1.807) is 27.4 Å². The maximum Gasteiger partial charge on any atom is 0.319 e. The van der Waals surface area contributed by atoms with Crippen LogP contribution >= 0.6 is 0 Å². The van der Waals surface area contributed by atoms with Gasteiger partial charge in [-0.2, -0.15) is 0 Å². The second-order valence-electron chi connectivity index (χ2n) is 7.52. The van der Waals surface area contributed by atoms with Gasteiger partial charge in [0.05, 0.1) is 21.3 Å². The maximum atomic E-state index is 12.7. The van der Waals surface area contributed by atoms with Crippen molar-refractivity contribution in [1.29, 1.82) is 0 Å². The molecular formula is C26H27N3O4. The van der Waals surface area contributed by atoms with Crippen LogP contribution in [0.15, 0.2) is 72.9 Å². The van der Waals surface area contributed by atoms with Crippen molar-refractivity contribution >= 4 is 22.6 Å². The number of methoxy groups -OCH3 is 3. The van der Waals surface area contributed by atoms with Crippen LogP contribution in [0, 0.1) is 0 Å². The van der Waals surface area contributed by atoms with Crippen molar-refractivity contribution in [2.45, 2.75) is 5.92 Å². The van der Waals surface area contributed by atoms with E-state index in [2.05, 4.69) is 21.7 Å². The molecular weight excluding hydrogens is 418 g/mol. The van der Waals surface area contributed by atoms with E-state index >= 15 is 0 Å². The zero-order valence-corrected chi connectivity index (χ0v) is 18.8. The smallest absolute Gasteiger partial charge is 0.319 e. The summed E-state index contributed by atoms with van der Waals surface area (Å²) < 4.78 is 16.1. The highest BCUT2D eigenvalue weighted by molar-refractivity contribution is 5.90. The van der Waals surface area contributed by atoms with E-state index in [0.29, 0.717) is 29.5 Å². The summed E-state index contributed by atoms with van der Waals surface area (Å²) in [6, 6.07) is 20.9. The normalized spacial score (nSPS) is 11.6. The molecule has 0 aliphatic carbocycles. The van der Waals surface area contributed by atoms with Gasteiger partial charge in [-0.25, -0.2) is 4.79 Å². The Hall–Kier alpha value is -4.13. The van der Waals surface area contributed by atoms with Gasteiger partial charge >= 0.3 is 6.03 Å². The molecule has 1 heterocycles. The van der Waals surface area contributed by atoms with Gasteiger partial charge in [-0.3, -0.25) is 0 Å². The molecule has 170 valence electrons. The molecule has 7 nitrogen and oxygen atoms in total. The zero-order chi connectivity index (χ0) is 23.2. The summed E-state index contributed by atoms with van der Waals surface area (Å²) in [6.45, 7) is 0.382. The van der Waals surface area contributed by atoms with Crippen LogP contribution in [0.5, 0.6) is 17.2 Å². The van der Waals surface area contributed by atoms with E-state index in [1.807, 2.05) is 60.8 Å². The number of hydrogen-bond acceptors (Lipinski definition) is 4. The molecule has 3 N–H and O–H groups in total. The Labute approximate surface area is 192 Å². The van der Waals surface area contributed by atoms with Crippen molar-refractivity contribution in [1.82, 2.24) is 10.3 Å². The van der Waals surface area contributed by atoms with Crippen molar-refractivity contribution in [2.75, 3.05) is 33.2 Å². The number of carbonyl (C=O) groups excluding carboxylic acids is 1. The first-order valence-corrected chi connectivity index (χ1v) is 10.6. The molecule has 1 atom stereocenters. The molecule has 4 aromatic rings. The minimum Gasteiger partial charge on any atom is -0.497 e. The lowest BCUT2D eigenvalue weighted by Crippen LogP contribution is -2.32. The number of fused-ring (bicyclic) bond motifs is 1. The molecule has 0 radical (unpaired) electrons. The summed E-state index contributed by atoms with van der Waals surface area (Å²) >= 11 is 0. The first kappa shape index (κ1) is 22.1. The third kappa shape index (κ3) is 4.87. The zero-order valence-electron chi connectivity index (χ0n) is 18.8. The third-order valence-electron chi connectivity index (χ3n) is 5.60. The molecule has 33 heavy (non-hydrogen) atoms. The summed E-state index contributed by atoms with van der Waals surface area (Å²) in [5.41, 5.74) is 3.78. The van der Waals surface area contributed by atoms with Crippen LogP contribution in [0.3, 0.4) is 0 Å². The fourth-order valence-electron chi connectivity index (χ4n) is 3.93. The molecule has 4 rings (SSSR count). The number of para-hydroxylation sites is 1. The average molecular weight is 446 g/mol. The highest BCUT2D eigenvalue weighted by Crippen LogP contribution is 2.35. The predicted molar refractivity (Wildman–Crippen MR) is 130 cm³/mol. The Morgan fingerprint density at radius 2 is 1.73 bits per heavy atom. The summed E-state index contributed by atoms with van der Waals surface area (Å²) in [5, 5.41) is 6.98. The van der Waals surface area contributed by atoms with Crippen LogP contribution in [0.4, 0.5) is 10.5 Å². The summed E-state index contributed by atoms with van der Waals surface area (Å²) in [4.78, 5) is 16.0. The minimum absolute atomic E-state index is 0.114. The first-order valence-electron chi connectivity index (χ1n) is 10.6. The lowest BCUT2D eigenvalue weighted by Gasteiger charge is -2.20.